The Hall–Kier alpha value is -2.33. The van der Waals surface area contributed by atoms with Crippen LogP contribution in [0, 0.1) is 0 Å². The molecule has 1 saturated heterocycles. The summed E-state index contributed by atoms with van der Waals surface area (Å²) in [5, 5.41) is 23.3. The van der Waals surface area contributed by atoms with Crippen molar-refractivity contribution in [2.24, 2.45) is 0 Å². The number of aryl methyl sites for hydroxylation is 2. The Morgan fingerprint density at radius 1 is 0.913 bits per heavy atom. The van der Waals surface area contributed by atoms with Crippen LogP contribution in [0.15, 0.2) is 36.0 Å². The van der Waals surface area contributed by atoms with E-state index in [4.69, 9.17) is 0 Å². The highest BCUT2D eigenvalue weighted by Crippen LogP contribution is 2.40. The third-order valence-electron chi connectivity index (χ3n) is 4.82. The highest BCUT2D eigenvalue weighted by atomic mass is 16.3. The van der Waals surface area contributed by atoms with E-state index in [9.17, 15) is 10.2 Å². The van der Waals surface area contributed by atoms with Crippen molar-refractivity contribution in [2.75, 3.05) is 13.1 Å². The maximum absolute atomic E-state index is 10.0. The first-order chi connectivity index (χ1) is 11.2. The first-order valence-electron chi connectivity index (χ1n) is 8.16. The fourth-order valence-corrected chi connectivity index (χ4v) is 3.66. The lowest BCUT2D eigenvalue weighted by atomic mass is 9.89. The largest absolute Gasteiger partial charge is 0.504 e. The molecule has 4 nitrogen and oxygen atoms in total. The number of nitrogens with one attached hydrogen (secondary N) is 1. The summed E-state index contributed by atoms with van der Waals surface area (Å²) in [5.74, 6) is -0.104. The number of nitrogens with zero attached hydrogens (tertiary/aromatic N) is 1. The van der Waals surface area contributed by atoms with E-state index in [1.165, 1.54) is 11.1 Å². The lowest BCUT2D eigenvalue weighted by molar-refractivity contribution is 0.403. The van der Waals surface area contributed by atoms with Crippen LogP contribution in [-0.2, 0) is 12.8 Å². The third kappa shape index (κ3) is 2.49. The molecular weight excluding hydrogens is 288 g/mol. The summed E-state index contributed by atoms with van der Waals surface area (Å²) >= 11 is 0. The topological polar surface area (TPSA) is 65.4 Å². The van der Waals surface area contributed by atoms with E-state index < -0.39 is 0 Å². The van der Waals surface area contributed by atoms with Gasteiger partial charge < -0.3 is 15.5 Å². The van der Waals surface area contributed by atoms with Crippen LogP contribution >= 0.6 is 0 Å². The van der Waals surface area contributed by atoms with Crippen molar-refractivity contribution < 1.29 is 10.2 Å². The Morgan fingerprint density at radius 3 is 2.48 bits per heavy atom. The maximum Gasteiger partial charge on any atom is 0.158 e. The van der Waals surface area contributed by atoms with Crippen LogP contribution in [0.4, 0.5) is 0 Å². The Labute approximate surface area is 135 Å². The first-order valence-corrected chi connectivity index (χ1v) is 8.16. The monoisotopic (exact) mass is 308 g/mol. The smallest absolute Gasteiger partial charge is 0.158 e. The molecule has 0 unspecified atom stereocenters. The second-order valence-electron chi connectivity index (χ2n) is 6.24. The van der Waals surface area contributed by atoms with Gasteiger partial charge >= 0.3 is 0 Å². The molecule has 1 aliphatic carbocycles. The Balaban J connectivity index is 2.00. The summed E-state index contributed by atoms with van der Waals surface area (Å²) < 4.78 is 0. The predicted octanol–water partition coefficient (Wildman–Crippen LogP) is 2.78. The molecule has 2 heterocycles. The molecule has 4 rings (SSSR count). The van der Waals surface area contributed by atoms with Crippen molar-refractivity contribution in [1.29, 1.82) is 0 Å². The van der Waals surface area contributed by atoms with E-state index in [2.05, 4.69) is 16.4 Å². The van der Waals surface area contributed by atoms with E-state index in [0.29, 0.717) is 0 Å². The fraction of sp³-hybridized carbons (Fsp3) is 0.316. The summed E-state index contributed by atoms with van der Waals surface area (Å²) in [4.78, 5) is 4.66. The number of phenols is 2. The number of pyridine rings is 1. The first kappa shape index (κ1) is 14.3. The molecule has 118 valence electrons. The molecule has 0 amide bonds. The van der Waals surface area contributed by atoms with Gasteiger partial charge in [-0.3, -0.25) is 4.98 Å². The number of fused-ring (bicyclic) bond motifs is 2. The number of aromatic nitrogens is 1. The van der Waals surface area contributed by atoms with Crippen LogP contribution in [-0.4, -0.2) is 28.3 Å². The Morgan fingerprint density at radius 2 is 1.65 bits per heavy atom. The van der Waals surface area contributed by atoms with Gasteiger partial charge in [0.15, 0.2) is 11.5 Å². The minimum absolute atomic E-state index is 0.0441. The molecule has 0 radical (unpaired) electrons. The zero-order valence-electron chi connectivity index (χ0n) is 13.0. The number of phenolic OH excluding ortho intramolecular Hbond substituents is 2. The van der Waals surface area contributed by atoms with Gasteiger partial charge in [0.05, 0.1) is 5.69 Å². The number of hydrogen-bond acceptors (Lipinski definition) is 4. The maximum atomic E-state index is 10.0. The molecule has 23 heavy (non-hydrogen) atoms. The zero-order valence-corrected chi connectivity index (χ0v) is 13.0. The molecular formula is C19H20N2O2. The number of aromatic hydroxyl groups is 2. The van der Waals surface area contributed by atoms with Crippen molar-refractivity contribution in [3.8, 4) is 11.5 Å². The van der Waals surface area contributed by atoms with Crippen molar-refractivity contribution >= 4 is 5.57 Å². The minimum Gasteiger partial charge on any atom is -0.504 e. The van der Waals surface area contributed by atoms with Gasteiger partial charge in [-0.05, 0) is 73.7 Å². The lowest BCUT2D eigenvalue weighted by Gasteiger charge is -2.22. The highest BCUT2D eigenvalue weighted by Gasteiger charge is 2.24. The van der Waals surface area contributed by atoms with Crippen molar-refractivity contribution in [1.82, 2.24) is 10.3 Å². The van der Waals surface area contributed by atoms with E-state index in [-0.39, 0.29) is 11.5 Å². The van der Waals surface area contributed by atoms with Gasteiger partial charge in [-0.15, -0.1) is 0 Å². The molecule has 1 fully saturated rings. The second-order valence-corrected chi connectivity index (χ2v) is 6.24. The van der Waals surface area contributed by atoms with Crippen LogP contribution in [0.25, 0.3) is 5.57 Å². The molecule has 0 saturated carbocycles. The zero-order chi connectivity index (χ0) is 15.8. The molecule has 0 bridgehead atoms. The SMILES string of the molecule is Oc1cc2c(cc1O)C(=C1CCNCC1)c1ncccc1CC2. The van der Waals surface area contributed by atoms with Crippen molar-refractivity contribution in [2.45, 2.75) is 25.7 Å². The summed E-state index contributed by atoms with van der Waals surface area (Å²) in [6.45, 7) is 1.95. The standard InChI is InChI=1S/C19H20N2O2/c22-16-10-14-4-3-13-2-1-7-21-19(13)18(15(14)11-17(16)23)12-5-8-20-9-6-12/h1-2,7,10-11,20,22-23H,3-6,8-9H2. The fourth-order valence-electron chi connectivity index (χ4n) is 3.66. The van der Waals surface area contributed by atoms with Crippen LogP contribution in [0.3, 0.4) is 0 Å². The number of piperidine rings is 1. The molecule has 2 aliphatic rings. The van der Waals surface area contributed by atoms with Crippen LogP contribution in [0.5, 0.6) is 11.5 Å². The van der Waals surface area contributed by atoms with Gasteiger partial charge in [-0.1, -0.05) is 11.6 Å². The Kier molecular flexibility index (Phi) is 3.54. The van der Waals surface area contributed by atoms with Crippen LogP contribution in [0.1, 0.15) is 35.2 Å². The van der Waals surface area contributed by atoms with Crippen LogP contribution in [0.2, 0.25) is 0 Å². The summed E-state index contributed by atoms with van der Waals surface area (Å²) in [6.07, 6.45) is 5.57. The van der Waals surface area contributed by atoms with Gasteiger partial charge in [-0.25, -0.2) is 0 Å². The third-order valence-corrected chi connectivity index (χ3v) is 4.82. The van der Waals surface area contributed by atoms with Gasteiger partial charge in [0.1, 0.15) is 0 Å². The summed E-state index contributed by atoms with van der Waals surface area (Å²) in [7, 11) is 0. The molecule has 3 N–H and O–H groups in total. The molecule has 0 spiro atoms. The van der Waals surface area contributed by atoms with E-state index in [1.807, 2.05) is 12.3 Å². The Bertz CT molecular complexity index is 788. The lowest BCUT2D eigenvalue weighted by Crippen LogP contribution is -2.24. The average molecular weight is 308 g/mol. The van der Waals surface area contributed by atoms with Crippen molar-refractivity contribution in [3.05, 3.63) is 58.4 Å². The number of benzene rings is 1. The molecule has 1 aliphatic heterocycles. The van der Waals surface area contributed by atoms with Crippen LogP contribution < -0.4 is 5.32 Å². The van der Waals surface area contributed by atoms with E-state index >= 15 is 0 Å². The molecule has 1 aromatic heterocycles. The van der Waals surface area contributed by atoms with Gasteiger partial charge in [-0.2, -0.15) is 0 Å². The summed E-state index contributed by atoms with van der Waals surface area (Å²) in [6, 6.07) is 7.53. The average Bonchev–Trinajstić information content (AvgIpc) is 2.73. The normalized spacial score (nSPS) is 17.4. The van der Waals surface area contributed by atoms with Gasteiger partial charge in [0.2, 0.25) is 0 Å². The highest BCUT2D eigenvalue weighted by molar-refractivity contribution is 5.85. The molecule has 1 aromatic carbocycles. The second kappa shape index (κ2) is 5.70. The predicted molar refractivity (Wildman–Crippen MR) is 89.5 cm³/mol. The van der Waals surface area contributed by atoms with Crippen molar-refractivity contribution in [3.63, 3.8) is 0 Å². The minimum atomic E-state index is -0.0600. The number of rotatable bonds is 0. The van der Waals surface area contributed by atoms with Gasteiger partial charge in [0, 0.05) is 11.8 Å². The van der Waals surface area contributed by atoms with Gasteiger partial charge in [0.25, 0.3) is 0 Å². The quantitative estimate of drug-likeness (QED) is 0.655. The molecule has 0 atom stereocenters. The number of hydrogen-bond donors (Lipinski definition) is 3. The van der Waals surface area contributed by atoms with E-state index in [0.717, 1.165) is 61.2 Å². The molecule has 2 aromatic rings. The summed E-state index contributed by atoms with van der Waals surface area (Å²) in [5.41, 5.74) is 6.92. The van der Waals surface area contributed by atoms with E-state index in [1.54, 1.807) is 12.1 Å². The molecule has 4 heteroatoms.